The summed E-state index contributed by atoms with van der Waals surface area (Å²) in [4.78, 5) is 19.8. The van der Waals surface area contributed by atoms with Crippen molar-refractivity contribution in [3.63, 3.8) is 0 Å². The number of ether oxygens (including phenoxy) is 1. The molecule has 0 saturated carbocycles. The molecule has 0 aliphatic carbocycles. The molecule has 0 spiro atoms. The first-order chi connectivity index (χ1) is 14.0. The third kappa shape index (κ3) is 4.29. The molecule has 0 N–H and O–H groups in total. The van der Waals surface area contributed by atoms with E-state index >= 15 is 0 Å². The van der Waals surface area contributed by atoms with Gasteiger partial charge in [0.2, 0.25) is 0 Å². The van der Waals surface area contributed by atoms with Crippen molar-refractivity contribution in [1.29, 1.82) is 0 Å². The number of nitrogens with zero attached hydrogens (tertiary/aromatic N) is 2. The maximum absolute atomic E-state index is 13.5. The normalized spacial score (nSPS) is 10.9. The van der Waals surface area contributed by atoms with Gasteiger partial charge in [-0.15, -0.1) is 0 Å². The molecule has 1 heterocycles. The monoisotopic (exact) mass is 486 g/mol. The van der Waals surface area contributed by atoms with E-state index in [0.717, 1.165) is 26.0 Å². The van der Waals surface area contributed by atoms with Gasteiger partial charge in [0.25, 0.3) is 5.91 Å². The second-order valence-electron chi connectivity index (χ2n) is 6.33. The molecular formula is C22H16BrClN2O2S. The molecule has 1 amide bonds. The summed E-state index contributed by atoms with van der Waals surface area (Å²) in [5.74, 6) is 0.551. The number of thiazole rings is 1. The predicted molar refractivity (Wildman–Crippen MR) is 122 cm³/mol. The van der Waals surface area contributed by atoms with Crippen LogP contribution in [0.3, 0.4) is 0 Å². The Labute approximate surface area is 185 Å². The van der Waals surface area contributed by atoms with E-state index in [1.165, 1.54) is 11.3 Å². The average molecular weight is 488 g/mol. The van der Waals surface area contributed by atoms with Crippen LogP contribution in [0.25, 0.3) is 10.2 Å². The van der Waals surface area contributed by atoms with Crippen LogP contribution in [0.1, 0.15) is 15.9 Å². The summed E-state index contributed by atoms with van der Waals surface area (Å²) >= 11 is 11.2. The summed E-state index contributed by atoms with van der Waals surface area (Å²) in [6.07, 6.45) is 0. The van der Waals surface area contributed by atoms with Gasteiger partial charge in [-0.2, -0.15) is 0 Å². The summed E-state index contributed by atoms with van der Waals surface area (Å²) in [5.41, 5.74) is 2.25. The fourth-order valence-electron chi connectivity index (χ4n) is 2.93. The topological polar surface area (TPSA) is 42.4 Å². The largest absolute Gasteiger partial charge is 0.497 e. The molecular weight excluding hydrogens is 472 g/mol. The molecule has 146 valence electrons. The van der Waals surface area contributed by atoms with E-state index in [4.69, 9.17) is 21.3 Å². The lowest BCUT2D eigenvalue weighted by Crippen LogP contribution is -2.30. The Kier molecular flexibility index (Phi) is 5.85. The molecule has 0 saturated heterocycles. The van der Waals surface area contributed by atoms with Crippen LogP contribution in [0.2, 0.25) is 5.02 Å². The predicted octanol–water partition coefficient (Wildman–Crippen LogP) is 6.57. The van der Waals surface area contributed by atoms with E-state index in [9.17, 15) is 4.79 Å². The second-order valence-corrected chi connectivity index (χ2v) is 8.66. The number of anilines is 1. The van der Waals surface area contributed by atoms with E-state index in [1.807, 2.05) is 54.6 Å². The zero-order valence-corrected chi connectivity index (χ0v) is 18.6. The molecule has 7 heteroatoms. The average Bonchev–Trinajstić information content (AvgIpc) is 3.16. The van der Waals surface area contributed by atoms with Crippen LogP contribution in [-0.2, 0) is 6.54 Å². The molecule has 29 heavy (non-hydrogen) atoms. The highest BCUT2D eigenvalue weighted by molar-refractivity contribution is 9.10. The van der Waals surface area contributed by atoms with Gasteiger partial charge in [-0.1, -0.05) is 69.2 Å². The number of fused-ring (bicyclic) bond motifs is 1. The van der Waals surface area contributed by atoms with Gasteiger partial charge in [-0.3, -0.25) is 9.69 Å². The van der Waals surface area contributed by atoms with E-state index in [1.54, 1.807) is 24.1 Å². The van der Waals surface area contributed by atoms with Gasteiger partial charge in [0.15, 0.2) is 5.13 Å². The van der Waals surface area contributed by atoms with E-state index < -0.39 is 0 Å². The van der Waals surface area contributed by atoms with Crippen LogP contribution in [0.4, 0.5) is 5.13 Å². The summed E-state index contributed by atoms with van der Waals surface area (Å²) in [6, 6.07) is 20.8. The van der Waals surface area contributed by atoms with Crippen LogP contribution in [0.15, 0.2) is 71.2 Å². The number of rotatable bonds is 5. The number of amides is 1. The Morgan fingerprint density at radius 3 is 2.69 bits per heavy atom. The molecule has 4 aromatic rings. The van der Waals surface area contributed by atoms with Crippen molar-refractivity contribution in [1.82, 2.24) is 4.98 Å². The Bertz CT molecular complexity index is 1180. The van der Waals surface area contributed by atoms with Crippen LogP contribution in [-0.4, -0.2) is 18.0 Å². The molecule has 4 nitrogen and oxygen atoms in total. The first-order valence-electron chi connectivity index (χ1n) is 8.80. The molecule has 0 unspecified atom stereocenters. The second kappa shape index (κ2) is 8.53. The lowest BCUT2D eigenvalue weighted by Gasteiger charge is -2.21. The van der Waals surface area contributed by atoms with Crippen molar-refractivity contribution in [2.45, 2.75) is 6.54 Å². The smallest absolute Gasteiger partial charge is 0.261 e. The molecule has 1 aromatic heterocycles. The molecule has 3 aromatic carbocycles. The Hall–Kier alpha value is -2.41. The van der Waals surface area contributed by atoms with Crippen molar-refractivity contribution in [3.05, 3.63) is 87.4 Å². The number of hydrogen-bond donors (Lipinski definition) is 0. The van der Waals surface area contributed by atoms with Gasteiger partial charge in [-0.25, -0.2) is 4.98 Å². The van der Waals surface area contributed by atoms with Crippen LogP contribution >= 0.6 is 38.9 Å². The number of methoxy groups -OCH3 is 1. The number of benzene rings is 3. The van der Waals surface area contributed by atoms with E-state index in [2.05, 4.69) is 15.9 Å². The summed E-state index contributed by atoms with van der Waals surface area (Å²) in [6.45, 7) is 0.388. The van der Waals surface area contributed by atoms with Crippen molar-refractivity contribution < 1.29 is 9.53 Å². The Morgan fingerprint density at radius 2 is 1.93 bits per heavy atom. The van der Waals surface area contributed by atoms with Crippen molar-refractivity contribution in [2.75, 3.05) is 12.0 Å². The van der Waals surface area contributed by atoms with Crippen molar-refractivity contribution >= 4 is 60.1 Å². The summed E-state index contributed by atoms with van der Waals surface area (Å²) in [5, 5.41) is 1.01. The van der Waals surface area contributed by atoms with Gasteiger partial charge in [0.05, 0.1) is 34.5 Å². The lowest BCUT2D eigenvalue weighted by molar-refractivity contribution is 0.0985. The zero-order valence-electron chi connectivity index (χ0n) is 15.4. The maximum atomic E-state index is 13.5. The van der Waals surface area contributed by atoms with E-state index in [-0.39, 0.29) is 5.91 Å². The standard InChI is InChI=1S/C22H16BrClN2O2S/c1-28-16-8-10-19-20(12-16)29-22(25-19)26(13-14-5-3-2-4-6-14)21(27)17-11-15(23)7-9-18(17)24/h2-12H,13H2,1H3. The first kappa shape index (κ1) is 19.9. The van der Waals surface area contributed by atoms with Gasteiger partial charge in [0, 0.05) is 4.47 Å². The van der Waals surface area contributed by atoms with Crippen LogP contribution in [0, 0.1) is 0 Å². The number of carbonyl (C=O) groups is 1. The molecule has 4 rings (SSSR count). The van der Waals surface area contributed by atoms with Crippen LogP contribution < -0.4 is 9.64 Å². The highest BCUT2D eigenvalue weighted by Gasteiger charge is 2.24. The first-order valence-corrected chi connectivity index (χ1v) is 10.8. The number of aromatic nitrogens is 1. The molecule has 0 fully saturated rings. The third-order valence-corrected chi connectivity index (χ3v) is 6.27. The Morgan fingerprint density at radius 1 is 1.14 bits per heavy atom. The van der Waals surface area contributed by atoms with Gasteiger partial charge in [-0.05, 0) is 42.0 Å². The highest BCUT2D eigenvalue weighted by Crippen LogP contribution is 2.34. The molecule has 0 bridgehead atoms. The molecule has 0 atom stereocenters. The minimum atomic E-state index is -0.203. The van der Waals surface area contributed by atoms with Gasteiger partial charge < -0.3 is 4.74 Å². The maximum Gasteiger partial charge on any atom is 0.261 e. The number of carbonyl (C=O) groups excluding carboxylic acids is 1. The van der Waals surface area contributed by atoms with Gasteiger partial charge >= 0.3 is 0 Å². The SMILES string of the molecule is COc1ccc2nc(N(Cc3ccccc3)C(=O)c3cc(Br)ccc3Cl)sc2c1. The molecule has 0 radical (unpaired) electrons. The highest BCUT2D eigenvalue weighted by atomic mass is 79.9. The third-order valence-electron chi connectivity index (χ3n) is 4.40. The fraction of sp³-hybridized carbons (Fsp3) is 0.0909. The number of halogens is 2. The Balaban J connectivity index is 1.79. The molecule has 0 aliphatic heterocycles. The van der Waals surface area contributed by atoms with Crippen molar-refractivity contribution in [2.24, 2.45) is 0 Å². The quantitative estimate of drug-likeness (QED) is 0.320. The zero-order chi connectivity index (χ0) is 20.4. The van der Waals surface area contributed by atoms with Gasteiger partial charge in [0.1, 0.15) is 5.75 Å². The molecule has 0 aliphatic rings. The minimum absolute atomic E-state index is 0.203. The summed E-state index contributed by atoms with van der Waals surface area (Å²) in [7, 11) is 1.63. The number of hydrogen-bond acceptors (Lipinski definition) is 4. The lowest BCUT2D eigenvalue weighted by atomic mass is 10.1. The van der Waals surface area contributed by atoms with Crippen molar-refractivity contribution in [3.8, 4) is 5.75 Å². The fourth-order valence-corrected chi connectivity index (χ4v) is 4.49. The summed E-state index contributed by atoms with van der Waals surface area (Å²) < 4.78 is 7.05. The van der Waals surface area contributed by atoms with Crippen LogP contribution in [0.5, 0.6) is 5.75 Å². The minimum Gasteiger partial charge on any atom is -0.497 e. The van der Waals surface area contributed by atoms with E-state index in [0.29, 0.717) is 22.3 Å².